The van der Waals surface area contributed by atoms with Crippen molar-refractivity contribution in [1.29, 1.82) is 0 Å². The highest BCUT2D eigenvalue weighted by Gasteiger charge is 2.38. The van der Waals surface area contributed by atoms with Gasteiger partial charge in [-0.15, -0.1) is 0 Å². The number of Topliss-reactive ketones (excluding diaryl/α,β-unsaturated/α-hetero) is 4. The van der Waals surface area contributed by atoms with Crippen molar-refractivity contribution in [3.63, 3.8) is 0 Å². The lowest BCUT2D eigenvalue weighted by molar-refractivity contribution is -0.139. The number of nitrogens with zero attached hydrogens (tertiary/aromatic N) is 1. The highest BCUT2D eigenvalue weighted by atomic mass is 16.4. The molecule has 47 heavy (non-hydrogen) atoms. The van der Waals surface area contributed by atoms with Crippen LogP contribution in [0.4, 0.5) is 0 Å². The van der Waals surface area contributed by atoms with E-state index in [-0.39, 0.29) is 90.9 Å². The quantitative estimate of drug-likeness (QED) is 0.170. The number of hydrogen-bond donors (Lipinski definition) is 2. The van der Waals surface area contributed by atoms with Crippen LogP contribution in [0.25, 0.3) is 0 Å². The first-order valence-corrected chi connectivity index (χ1v) is 18.3. The van der Waals surface area contributed by atoms with Gasteiger partial charge in [0.2, 0.25) is 0 Å². The summed E-state index contributed by atoms with van der Waals surface area (Å²) in [5.74, 6) is -1.71. The monoisotopic (exact) mass is 661 g/mol. The SMILES string of the molecule is CC(=O)CC1CCC(CC(=O)O)CCC(CC(=O)O)CCN(CC(=O)C[C@H](C(=O)C[C@H](C)C(=O)C2CCC[C@H]2C(C)C)C(C)C)CC1. The van der Waals surface area contributed by atoms with Gasteiger partial charge in [-0.2, -0.15) is 0 Å². The molecule has 9 nitrogen and oxygen atoms in total. The molecule has 0 bridgehead atoms. The van der Waals surface area contributed by atoms with E-state index >= 15 is 0 Å². The zero-order valence-corrected chi connectivity index (χ0v) is 30.0. The van der Waals surface area contributed by atoms with E-state index in [4.69, 9.17) is 0 Å². The second kappa shape index (κ2) is 20.2. The molecule has 0 aromatic heterocycles. The molecule has 9 heteroatoms. The molecule has 0 amide bonds. The van der Waals surface area contributed by atoms with E-state index in [0.29, 0.717) is 69.9 Å². The minimum Gasteiger partial charge on any atom is -0.481 e. The molecule has 1 saturated heterocycles. The third kappa shape index (κ3) is 14.7. The van der Waals surface area contributed by atoms with E-state index in [1.165, 1.54) is 0 Å². The number of aliphatic carboxylic acids is 2. The van der Waals surface area contributed by atoms with Gasteiger partial charge in [-0.3, -0.25) is 28.9 Å². The van der Waals surface area contributed by atoms with Crippen molar-refractivity contribution >= 4 is 35.1 Å². The normalized spacial score (nSPS) is 26.3. The largest absolute Gasteiger partial charge is 0.481 e. The number of hydrogen-bond acceptors (Lipinski definition) is 7. The summed E-state index contributed by atoms with van der Waals surface area (Å²) in [6.45, 7) is 12.9. The molecule has 1 heterocycles. The van der Waals surface area contributed by atoms with Crippen molar-refractivity contribution in [2.45, 2.75) is 131 Å². The van der Waals surface area contributed by atoms with Crippen LogP contribution in [0.2, 0.25) is 0 Å². The fraction of sp³-hybridized carbons (Fsp3) is 0.842. The summed E-state index contributed by atoms with van der Waals surface area (Å²) in [6, 6.07) is 0. The highest BCUT2D eigenvalue weighted by molar-refractivity contribution is 5.93. The van der Waals surface area contributed by atoms with Crippen molar-refractivity contribution < 1.29 is 39.0 Å². The maximum Gasteiger partial charge on any atom is 0.303 e. The minimum absolute atomic E-state index is 0.00581. The fourth-order valence-corrected chi connectivity index (χ4v) is 8.23. The predicted molar refractivity (Wildman–Crippen MR) is 182 cm³/mol. The van der Waals surface area contributed by atoms with Gasteiger partial charge < -0.3 is 15.0 Å². The molecule has 0 aromatic rings. The molecule has 0 aromatic carbocycles. The molecule has 1 aliphatic heterocycles. The van der Waals surface area contributed by atoms with Crippen LogP contribution < -0.4 is 0 Å². The van der Waals surface area contributed by atoms with Gasteiger partial charge in [0.1, 0.15) is 23.1 Å². The topological polar surface area (TPSA) is 146 Å². The fourth-order valence-electron chi connectivity index (χ4n) is 8.23. The van der Waals surface area contributed by atoms with Gasteiger partial charge >= 0.3 is 11.9 Å². The first-order chi connectivity index (χ1) is 22.1. The Morgan fingerprint density at radius 3 is 1.66 bits per heavy atom. The van der Waals surface area contributed by atoms with Crippen LogP contribution in [-0.4, -0.2) is 69.8 Å². The van der Waals surface area contributed by atoms with Crippen molar-refractivity contribution in [3.05, 3.63) is 0 Å². The molecule has 2 fully saturated rings. The average molecular weight is 662 g/mol. The van der Waals surface area contributed by atoms with Gasteiger partial charge in [-0.25, -0.2) is 0 Å². The van der Waals surface area contributed by atoms with Gasteiger partial charge in [0.25, 0.3) is 0 Å². The molecule has 0 radical (unpaired) electrons. The summed E-state index contributed by atoms with van der Waals surface area (Å²) < 4.78 is 0. The van der Waals surface area contributed by atoms with Gasteiger partial charge in [0, 0.05) is 49.9 Å². The zero-order valence-electron chi connectivity index (χ0n) is 30.0. The first kappa shape index (κ1) is 40.8. The Balaban J connectivity index is 2.12. The van der Waals surface area contributed by atoms with Gasteiger partial charge in [-0.1, -0.05) is 41.0 Å². The highest BCUT2D eigenvalue weighted by Crippen LogP contribution is 2.39. The summed E-state index contributed by atoms with van der Waals surface area (Å²) in [5, 5.41) is 19.0. The summed E-state index contributed by atoms with van der Waals surface area (Å²) in [5.41, 5.74) is 0. The van der Waals surface area contributed by atoms with E-state index in [2.05, 4.69) is 18.7 Å². The Bertz CT molecular complexity index is 1040. The van der Waals surface area contributed by atoms with Gasteiger partial charge in [0.05, 0.1) is 6.54 Å². The first-order valence-electron chi connectivity index (χ1n) is 18.3. The van der Waals surface area contributed by atoms with E-state index < -0.39 is 17.9 Å². The Hall–Kier alpha value is -2.42. The minimum atomic E-state index is -0.889. The Labute approximate surface area is 283 Å². The molecular weight excluding hydrogens is 598 g/mol. The molecule has 2 N–H and O–H groups in total. The van der Waals surface area contributed by atoms with Crippen LogP contribution in [0.15, 0.2) is 0 Å². The lowest BCUT2D eigenvalue weighted by Gasteiger charge is -2.29. The lowest BCUT2D eigenvalue weighted by Crippen LogP contribution is -2.36. The van der Waals surface area contributed by atoms with E-state index in [9.17, 15) is 39.0 Å². The van der Waals surface area contributed by atoms with E-state index in [1.54, 1.807) is 6.92 Å². The predicted octanol–water partition coefficient (Wildman–Crippen LogP) is 6.89. The van der Waals surface area contributed by atoms with Crippen LogP contribution in [0.1, 0.15) is 131 Å². The smallest absolute Gasteiger partial charge is 0.303 e. The molecule has 0 spiro atoms. The number of carbonyl (C=O) groups excluding carboxylic acids is 4. The van der Waals surface area contributed by atoms with Crippen molar-refractivity contribution in [2.24, 2.45) is 53.3 Å². The summed E-state index contributed by atoms with van der Waals surface area (Å²) in [6.07, 6.45) is 7.56. The number of carboxylic acid groups (broad SMARTS) is 2. The molecule has 2 rings (SSSR count). The van der Waals surface area contributed by atoms with Gasteiger partial charge in [0.15, 0.2) is 0 Å². The van der Waals surface area contributed by atoms with Crippen LogP contribution >= 0.6 is 0 Å². The molecule has 4 unspecified atom stereocenters. The van der Waals surface area contributed by atoms with Crippen LogP contribution in [-0.2, 0) is 28.8 Å². The summed E-state index contributed by atoms with van der Waals surface area (Å²) in [7, 11) is 0. The maximum absolute atomic E-state index is 13.6. The molecule has 1 aliphatic carbocycles. The van der Waals surface area contributed by atoms with Crippen LogP contribution in [0.5, 0.6) is 0 Å². The molecule has 2 aliphatic rings. The summed E-state index contributed by atoms with van der Waals surface area (Å²) in [4.78, 5) is 77.8. The zero-order chi connectivity index (χ0) is 35.3. The Morgan fingerprint density at radius 2 is 1.19 bits per heavy atom. The van der Waals surface area contributed by atoms with E-state index in [1.807, 2.05) is 20.8 Å². The number of rotatable bonds is 17. The van der Waals surface area contributed by atoms with Crippen LogP contribution in [0.3, 0.4) is 0 Å². The molecule has 268 valence electrons. The average Bonchev–Trinajstić information content (AvgIpc) is 3.46. The number of ketones is 4. The third-order valence-electron chi connectivity index (χ3n) is 11.0. The van der Waals surface area contributed by atoms with E-state index in [0.717, 1.165) is 19.3 Å². The van der Waals surface area contributed by atoms with Crippen LogP contribution in [0, 0.1) is 53.3 Å². The lowest BCUT2D eigenvalue weighted by atomic mass is 9.77. The molecule has 7 atom stereocenters. The van der Waals surface area contributed by atoms with Crippen molar-refractivity contribution in [3.8, 4) is 0 Å². The molecule has 1 saturated carbocycles. The Morgan fingerprint density at radius 1 is 0.681 bits per heavy atom. The standard InChI is InChI=1S/C38H63NO8/c1-24(2)32-8-7-9-33(32)38(47)26(5)18-35(42)34(25(3)4)22-31(41)23-39-16-14-29(19-27(6)40)12-10-28(20-36(43)44)11-13-30(15-17-39)21-37(45)46/h24-26,28-30,32-34H,7-23H2,1-6H3,(H,43,44)(H,45,46)/t26-,28?,29?,30?,32-,33?,34-/m0/s1. The third-order valence-corrected chi connectivity index (χ3v) is 11.0. The molecular formula is C38H63NO8. The van der Waals surface area contributed by atoms with Crippen molar-refractivity contribution in [2.75, 3.05) is 19.6 Å². The van der Waals surface area contributed by atoms with Crippen molar-refractivity contribution in [1.82, 2.24) is 4.90 Å². The second-order valence-corrected chi connectivity index (χ2v) is 15.7. The summed E-state index contributed by atoms with van der Waals surface area (Å²) >= 11 is 0. The number of carbonyl (C=O) groups is 6. The maximum atomic E-state index is 13.6. The number of carboxylic acids is 2. The van der Waals surface area contributed by atoms with Gasteiger partial charge in [-0.05, 0) is 107 Å². The second-order valence-electron chi connectivity index (χ2n) is 15.7. The Kier molecular flexibility index (Phi) is 17.5.